The van der Waals surface area contributed by atoms with Crippen molar-refractivity contribution in [3.63, 3.8) is 0 Å². The predicted molar refractivity (Wildman–Crippen MR) is 79.2 cm³/mol. The number of carbonyl (C=O) groups is 1. The summed E-state index contributed by atoms with van der Waals surface area (Å²) in [4.78, 5) is 11.9. The van der Waals surface area contributed by atoms with Crippen LogP contribution in [0, 0.1) is 0 Å². The summed E-state index contributed by atoms with van der Waals surface area (Å²) in [6.45, 7) is 5.42. The molecule has 0 aliphatic carbocycles. The molecular weight excluding hydrogens is 299 g/mol. The molecule has 0 unspecified atom stereocenters. The monoisotopic (exact) mass is 312 g/mol. The summed E-state index contributed by atoms with van der Waals surface area (Å²) in [6.07, 6.45) is 0. The summed E-state index contributed by atoms with van der Waals surface area (Å²) in [5, 5.41) is 7.65. The standard InChI is InChI=1S/C14H14Cl2N2O2/c1-14(2,3)20-13(19)12-7-11(17-18-12)8-4-5-9(15)10(16)6-8/h4-7H,1-3H3,(H,17,18). The first-order valence-corrected chi connectivity index (χ1v) is 6.76. The molecule has 2 rings (SSSR count). The van der Waals surface area contributed by atoms with Crippen LogP contribution < -0.4 is 0 Å². The van der Waals surface area contributed by atoms with E-state index in [1.807, 2.05) is 0 Å². The number of aromatic amines is 1. The maximum absolute atomic E-state index is 11.9. The van der Waals surface area contributed by atoms with Crippen LogP contribution in [0.2, 0.25) is 10.0 Å². The molecular formula is C14H14Cl2N2O2. The number of carbonyl (C=O) groups excluding carboxylic acids is 1. The summed E-state index contributed by atoms with van der Waals surface area (Å²) >= 11 is 11.8. The molecule has 0 bridgehead atoms. The van der Waals surface area contributed by atoms with Crippen LogP contribution in [-0.4, -0.2) is 21.8 Å². The summed E-state index contributed by atoms with van der Waals surface area (Å²) in [6, 6.07) is 6.77. The van der Waals surface area contributed by atoms with Crippen molar-refractivity contribution in [1.29, 1.82) is 0 Å². The average molecular weight is 313 g/mol. The number of nitrogens with zero attached hydrogens (tertiary/aromatic N) is 1. The van der Waals surface area contributed by atoms with E-state index in [1.54, 1.807) is 45.0 Å². The molecule has 0 saturated carbocycles. The number of esters is 1. The molecule has 106 valence electrons. The van der Waals surface area contributed by atoms with Gasteiger partial charge in [-0.15, -0.1) is 0 Å². The third-order valence-electron chi connectivity index (χ3n) is 2.41. The summed E-state index contributed by atoms with van der Waals surface area (Å²) in [5.74, 6) is -0.448. The molecule has 1 aromatic carbocycles. The molecule has 0 saturated heterocycles. The summed E-state index contributed by atoms with van der Waals surface area (Å²) in [5.41, 5.74) is 1.11. The van der Waals surface area contributed by atoms with Crippen molar-refractivity contribution in [2.24, 2.45) is 0 Å². The highest BCUT2D eigenvalue weighted by Gasteiger charge is 2.20. The van der Waals surface area contributed by atoms with Crippen LogP contribution in [0.1, 0.15) is 31.3 Å². The zero-order chi connectivity index (χ0) is 14.9. The van der Waals surface area contributed by atoms with Gasteiger partial charge in [0.2, 0.25) is 0 Å². The number of H-pyrrole nitrogens is 1. The Labute approximate surface area is 127 Å². The van der Waals surface area contributed by atoms with Gasteiger partial charge in [0.25, 0.3) is 0 Å². The van der Waals surface area contributed by atoms with Crippen LogP contribution >= 0.6 is 23.2 Å². The quantitative estimate of drug-likeness (QED) is 0.839. The van der Waals surface area contributed by atoms with E-state index in [0.717, 1.165) is 5.56 Å². The third kappa shape index (κ3) is 3.52. The van der Waals surface area contributed by atoms with Crippen LogP contribution in [0.15, 0.2) is 24.3 Å². The first-order valence-electron chi connectivity index (χ1n) is 6.00. The largest absolute Gasteiger partial charge is 0.455 e. The van der Waals surface area contributed by atoms with Gasteiger partial charge in [0, 0.05) is 5.56 Å². The van der Waals surface area contributed by atoms with E-state index < -0.39 is 11.6 Å². The third-order valence-corrected chi connectivity index (χ3v) is 3.15. The second-order valence-electron chi connectivity index (χ2n) is 5.30. The number of hydrogen-bond acceptors (Lipinski definition) is 3. The molecule has 1 heterocycles. The molecule has 0 amide bonds. The first kappa shape index (κ1) is 14.9. The smallest absolute Gasteiger partial charge is 0.356 e. The van der Waals surface area contributed by atoms with Crippen LogP contribution in [0.5, 0.6) is 0 Å². The first-order chi connectivity index (χ1) is 9.26. The SMILES string of the molecule is CC(C)(C)OC(=O)c1cc(-c2ccc(Cl)c(Cl)c2)n[nH]1. The van der Waals surface area contributed by atoms with Crippen molar-refractivity contribution in [3.8, 4) is 11.3 Å². The number of ether oxygens (including phenoxy) is 1. The molecule has 2 aromatic rings. The molecule has 0 spiro atoms. The second kappa shape index (κ2) is 5.46. The molecule has 0 atom stereocenters. The van der Waals surface area contributed by atoms with E-state index in [9.17, 15) is 4.79 Å². The van der Waals surface area contributed by atoms with E-state index in [-0.39, 0.29) is 0 Å². The normalized spacial score (nSPS) is 11.4. The van der Waals surface area contributed by atoms with E-state index in [2.05, 4.69) is 10.2 Å². The summed E-state index contributed by atoms with van der Waals surface area (Å²) in [7, 11) is 0. The minimum Gasteiger partial charge on any atom is -0.455 e. The van der Waals surface area contributed by atoms with E-state index in [1.165, 1.54) is 0 Å². The minimum atomic E-state index is -0.550. The van der Waals surface area contributed by atoms with Crippen LogP contribution in [-0.2, 0) is 4.74 Å². The van der Waals surface area contributed by atoms with E-state index >= 15 is 0 Å². The van der Waals surface area contributed by atoms with Gasteiger partial charge in [0.15, 0.2) is 0 Å². The van der Waals surface area contributed by atoms with E-state index in [4.69, 9.17) is 27.9 Å². The van der Waals surface area contributed by atoms with Gasteiger partial charge in [0.1, 0.15) is 11.3 Å². The molecule has 0 aliphatic rings. The fraction of sp³-hybridized carbons (Fsp3) is 0.286. The molecule has 0 aliphatic heterocycles. The molecule has 1 N–H and O–H groups in total. The Kier molecular flexibility index (Phi) is 4.06. The lowest BCUT2D eigenvalue weighted by molar-refractivity contribution is 0.00628. The number of aromatic nitrogens is 2. The Morgan fingerprint density at radius 1 is 1.20 bits per heavy atom. The van der Waals surface area contributed by atoms with Crippen molar-refractivity contribution in [2.45, 2.75) is 26.4 Å². The maximum atomic E-state index is 11.9. The Bertz CT molecular complexity index is 645. The van der Waals surface area contributed by atoms with Crippen LogP contribution in [0.3, 0.4) is 0 Å². The number of nitrogens with one attached hydrogen (secondary N) is 1. The van der Waals surface area contributed by atoms with Crippen molar-refractivity contribution in [1.82, 2.24) is 10.2 Å². The van der Waals surface area contributed by atoms with Gasteiger partial charge in [-0.25, -0.2) is 4.79 Å². The van der Waals surface area contributed by atoms with Gasteiger partial charge in [0.05, 0.1) is 15.7 Å². The molecule has 4 nitrogen and oxygen atoms in total. The molecule has 0 fully saturated rings. The zero-order valence-electron chi connectivity index (χ0n) is 11.3. The van der Waals surface area contributed by atoms with Gasteiger partial charge in [-0.2, -0.15) is 5.10 Å². The molecule has 6 heteroatoms. The Morgan fingerprint density at radius 2 is 1.90 bits per heavy atom. The number of hydrogen-bond donors (Lipinski definition) is 1. The lowest BCUT2D eigenvalue weighted by Crippen LogP contribution is -2.24. The van der Waals surface area contributed by atoms with Gasteiger partial charge >= 0.3 is 5.97 Å². The van der Waals surface area contributed by atoms with Crippen molar-refractivity contribution in [3.05, 3.63) is 40.0 Å². The highest BCUT2D eigenvalue weighted by molar-refractivity contribution is 6.42. The van der Waals surface area contributed by atoms with Crippen molar-refractivity contribution < 1.29 is 9.53 Å². The lowest BCUT2D eigenvalue weighted by Gasteiger charge is -2.18. The van der Waals surface area contributed by atoms with Crippen LogP contribution in [0.4, 0.5) is 0 Å². The maximum Gasteiger partial charge on any atom is 0.356 e. The van der Waals surface area contributed by atoms with Gasteiger partial charge in [-0.3, -0.25) is 5.10 Å². The van der Waals surface area contributed by atoms with E-state index in [0.29, 0.717) is 21.4 Å². The predicted octanol–water partition coefficient (Wildman–Crippen LogP) is 4.34. The highest BCUT2D eigenvalue weighted by Crippen LogP contribution is 2.28. The topological polar surface area (TPSA) is 55.0 Å². The lowest BCUT2D eigenvalue weighted by atomic mass is 10.1. The fourth-order valence-corrected chi connectivity index (χ4v) is 1.86. The number of halogens is 2. The zero-order valence-corrected chi connectivity index (χ0v) is 12.8. The Hall–Kier alpha value is -1.52. The van der Waals surface area contributed by atoms with Crippen molar-refractivity contribution >= 4 is 29.2 Å². The molecule has 20 heavy (non-hydrogen) atoms. The molecule has 0 radical (unpaired) electrons. The second-order valence-corrected chi connectivity index (χ2v) is 6.11. The van der Waals surface area contributed by atoms with Crippen LogP contribution in [0.25, 0.3) is 11.3 Å². The fourth-order valence-electron chi connectivity index (χ4n) is 1.56. The Balaban J connectivity index is 2.24. The summed E-state index contributed by atoms with van der Waals surface area (Å²) < 4.78 is 5.26. The van der Waals surface area contributed by atoms with Gasteiger partial charge in [-0.1, -0.05) is 29.3 Å². The minimum absolute atomic E-state index is 0.293. The number of rotatable bonds is 2. The van der Waals surface area contributed by atoms with Crippen molar-refractivity contribution in [2.75, 3.05) is 0 Å². The van der Waals surface area contributed by atoms with Gasteiger partial charge in [-0.05, 0) is 39.0 Å². The average Bonchev–Trinajstić information content (AvgIpc) is 2.80. The molecule has 1 aromatic heterocycles. The Morgan fingerprint density at radius 3 is 2.50 bits per heavy atom. The highest BCUT2D eigenvalue weighted by atomic mass is 35.5. The number of benzene rings is 1. The van der Waals surface area contributed by atoms with Gasteiger partial charge < -0.3 is 4.74 Å².